The van der Waals surface area contributed by atoms with Gasteiger partial charge in [0.15, 0.2) is 61.2 Å². The molecule has 3 atom stereocenters. The first kappa shape index (κ1) is 120. The molecule has 5 aliphatic rings. The van der Waals surface area contributed by atoms with E-state index < -0.39 is 114 Å². The normalized spacial score (nSPS) is 14.8. The Morgan fingerprint density at radius 2 is 0.721 bits per heavy atom. The highest BCUT2D eigenvalue weighted by Crippen LogP contribution is 2.39. The van der Waals surface area contributed by atoms with Gasteiger partial charge in [-0.25, -0.2) is 43.2 Å². The molecule has 0 spiro atoms. The standard InChI is InChI=1S/C16H17NO11.C16H17NO9S.C15H19NO8S.C14H17NO7S.C13H15NO6S.C5H9BrO2.C5H10O2S/c1-23-12-5-9(10(17(21)22)6-13(12)24-2)7-27-16(20)25-4-3-11-15(19)26-8-14(18)28-11;1-9-5-10(11(17(21)22)6-13(9)23-2)7-25-16(20)27-4-3-12-15(19)24-8-14(18)26-12;1-20-12-7-10(11(16(18)19)8-13(12)21-2)9-24-15(17)25-6-3-14-22-4-5-23-14;1-9-5-10(12(15(19)20)6-13(9)21-2)8-22-14(18)23-4-3-11(17)7-16;1-9-6-10(8-20-13(16)21-5-3-4-15)11(14(17)18)7-12(9)19-2;6-2-1-5-7-3-4-8-5;8-4-1-5-6-2-3-7-5/h5-6,11H,3-4,7-8H2,1-2H3;5-6,12H,3-4,7-8H2,1-2H3;7-8,14H,3-6,9H2,1-2H3;5-7,11,17H,3-4,8H2,1-2H3;4,6-7H,3,5,8H2,1-2H3;5H,1-4H2;5,8H,1-4H2/t11-;;;;;;/m0....../s1. The number of halogens is 1. The van der Waals surface area contributed by atoms with Crippen LogP contribution in [-0.2, 0) is 138 Å². The van der Waals surface area contributed by atoms with E-state index in [4.69, 9.17) is 105 Å². The molecule has 5 aromatic rings. The molecule has 140 heavy (non-hydrogen) atoms. The van der Waals surface area contributed by atoms with Crippen molar-refractivity contribution in [2.24, 2.45) is 0 Å². The van der Waals surface area contributed by atoms with Gasteiger partial charge < -0.3 is 124 Å². The number of cyclic esters (lactones) is 4. The van der Waals surface area contributed by atoms with Crippen LogP contribution >= 0.6 is 75.6 Å². The fourth-order valence-electron chi connectivity index (χ4n) is 11.5. The molecule has 0 amide bonds. The number of thioether (sulfide) groups is 4. The average Bonchev–Trinajstić information content (AvgIpc) is 0.899. The quantitative estimate of drug-likeness (QED) is 0.00535. The summed E-state index contributed by atoms with van der Waals surface area (Å²) in [6, 6.07) is 13.6. The number of nitro benzene ring substituents is 5. The summed E-state index contributed by atoms with van der Waals surface area (Å²) in [6.45, 7) is 6.73. The average molecular weight is 2140 g/mol. The summed E-state index contributed by atoms with van der Waals surface area (Å²) in [5, 5.41) is 63.2. The summed E-state index contributed by atoms with van der Waals surface area (Å²) in [7, 11) is 9.73. The molecule has 1 N–H and O–H groups in total. The number of rotatable bonds is 42. The molecule has 5 aromatic carbocycles. The number of alkyl halides is 1. The maximum atomic E-state index is 11.8. The zero-order valence-electron chi connectivity index (χ0n) is 77.1. The van der Waals surface area contributed by atoms with Crippen molar-refractivity contribution in [2.75, 3.05) is 143 Å². The third-order valence-corrected chi connectivity index (χ3v) is 22.1. The number of benzene rings is 5. The molecular formula is C84H104BrN5O45S5. The van der Waals surface area contributed by atoms with E-state index in [1.807, 2.05) is 0 Å². The second kappa shape index (κ2) is 66.6. The van der Waals surface area contributed by atoms with Crippen molar-refractivity contribution in [2.45, 2.75) is 136 Å². The van der Waals surface area contributed by atoms with Gasteiger partial charge in [0.1, 0.15) is 69.0 Å². The minimum Gasteiger partial charge on any atom is -0.496 e. The lowest BCUT2D eigenvalue weighted by Crippen LogP contribution is -2.38. The highest BCUT2D eigenvalue weighted by Gasteiger charge is 2.34. The van der Waals surface area contributed by atoms with Gasteiger partial charge in [0.25, 0.3) is 28.4 Å². The van der Waals surface area contributed by atoms with Crippen LogP contribution in [0.2, 0.25) is 0 Å². The van der Waals surface area contributed by atoms with Gasteiger partial charge in [-0.05, 0) is 127 Å². The Balaban J connectivity index is 0.000000351. The van der Waals surface area contributed by atoms with Gasteiger partial charge in [-0.2, -0.15) is 12.6 Å². The Morgan fingerprint density at radius 1 is 0.421 bits per heavy atom. The van der Waals surface area contributed by atoms with Crippen LogP contribution in [0, 0.1) is 71.3 Å². The highest BCUT2D eigenvalue weighted by molar-refractivity contribution is 9.09. The van der Waals surface area contributed by atoms with Crippen molar-refractivity contribution in [3.63, 3.8) is 0 Å². The van der Waals surface area contributed by atoms with Gasteiger partial charge in [0, 0.05) is 66.9 Å². The largest absolute Gasteiger partial charge is 0.508 e. The van der Waals surface area contributed by atoms with Crippen molar-refractivity contribution in [1.82, 2.24) is 0 Å². The van der Waals surface area contributed by atoms with E-state index in [1.165, 1.54) is 98.3 Å². The second-order valence-electron chi connectivity index (χ2n) is 27.7. The number of carbonyl (C=O) groups excluding carboxylic acids is 11. The third kappa shape index (κ3) is 44.2. The number of aliphatic hydroxyl groups is 1. The molecule has 50 nitrogen and oxygen atoms in total. The lowest BCUT2D eigenvalue weighted by Gasteiger charge is -2.20. The van der Waals surface area contributed by atoms with E-state index in [9.17, 15) is 103 Å². The molecule has 5 aliphatic heterocycles. The Kier molecular flexibility index (Phi) is 57.2. The van der Waals surface area contributed by atoms with Crippen LogP contribution in [0.25, 0.3) is 0 Å². The summed E-state index contributed by atoms with van der Waals surface area (Å²) < 4.78 is 115. The fourth-order valence-corrected chi connectivity index (χ4v) is 14.5. The van der Waals surface area contributed by atoms with Crippen molar-refractivity contribution in [3.8, 4) is 40.2 Å². The van der Waals surface area contributed by atoms with Gasteiger partial charge in [0.2, 0.25) is 6.10 Å². The number of hydrogen-bond donors (Lipinski definition) is 2. The van der Waals surface area contributed by atoms with Crippen LogP contribution in [0.5, 0.6) is 40.2 Å². The Labute approximate surface area is 829 Å². The van der Waals surface area contributed by atoms with Gasteiger partial charge in [-0.15, -0.1) is 0 Å². The Hall–Kier alpha value is -12.0. The molecule has 0 saturated carbocycles. The SMILES string of the molecule is BrCCC1OCCO1.COc1cc(COC(=O)OCC[C@@H]2OC(=O)COC2=O)c([N+](=O)[O-])cc1OC.COc1cc(COC(=O)SCCC2OCCO2)c([N+](=O)[O-])cc1OC.COc1cc([N+](=O)[O-])c(COC(=O)SCCC(O)C=O)cc1C.COc1cc([N+](=O)[O-])c(COC(=O)SCCC2OC(=O)COC2=O)cc1C.COc1cc([N+](=O)[O-])c(COC(=O)SCCC=O)cc1C.SCCC1OCCO1. The topological polar surface area (TPSA) is 636 Å². The Morgan fingerprint density at radius 3 is 1.05 bits per heavy atom. The van der Waals surface area contributed by atoms with Gasteiger partial charge in [0.05, 0.1) is 179 Å². The zero-order chi connectivity index (χ0) is 104. The number of esters is 4. The number of carbonyl (C=O) groups is 11. The van der Waals surface area contributed by atoms with Crippen molar-refractivity contribution >= 4 is 168 Å². The second-order valence-corrected chi connectivity index (χ2v) is 33.1. The number of nitrogens with zero attached hydrogens (tertiary/aromatic N) is 5. The summed E-state index contributed by atoms with van der Waals surface area (Å²) in [6.07, 6.45) is -0.756. The monoisotopic (exact) mass is 2140 g/mol. The number of thiol groups is 1. The Bertz CT molecular complexity index is 4950. The number of nitro groups is 5. The number of methoxy groups -OCH3 is 7. The van der Waals surface area contributed by atoms with E-state index in [0.29, 0.717) is 89.0 Å². The van der Waals surface area contributed by atoms with Crippen molar-refractivity contribution < 1.29 is 191 Å². The number of ether oxygens (including phenoxy) is 23. The van der Waals surface area contributed by atoms with E-state index in [2.05, 4.69) is 38.0 Å². The minimum atomic E-state index is -1.17. The van der Waals surface area contributed by atoms with Gasteiger partial charge in [-0.3, -0.25) is 50.6 Å². The third-order valence-electron chi connectivity index (χ3n) is 18.2. The predicted octanol–water partition coefficient (Wildman–Crippen LogP) is 12.9. The van der Waals surface area contributed by atoms with Crippen LogP contribution < -0.4 is 33.2 Å². The highest BCUT2D eigenvalue weighted by atomic mass is 79.9. The van der Waals surface area contributed by atoms with Crippen LogP contribution in [0.3, 0.4) is 0 Å². The first-order valence-electron chi connectivity index (χ1n) is 41.3. The lowest BCUT2D eigenvalue weighted by molar-refractivity contribution is -0.386. The van der Waals surface area contributed by atoms with Crippen molar-refractivity contribution in [3.05, 3.63) is 156 Å². The van der Waals surface area contributed by atoms with E-state index >= 15 is 0 Å². The molecule has 2 unspecified atom stereocenters. The number of hydrogen-bond acceptors (Lipinski definition) is 50. The predicted molar refractivity (Wildman–Crippen MR) is 499 cm³/mol. The molecular weight excluding hydrogens is 2040 g/mol. The summed E-state index contributed by atoms with van der Waals surface area (Å²) in [5.41, 5.74) is 2.02. The van der Waals surface area contributed by atoms with E-state index in [0.717, 1.165) is 103 Å². The van der Waals surface area contributed by atoms with Gasteiger partial charge >= 0.3 is 51.2 Å². The molecule has 5 saturated heterocycles. The van der Waals surface area contributed by atoms with Crippen LogP contribution in [-0.4, -0.2) is 274 Å². The van der Waals surface area contributed by atoms with Crippen LogP contribution in [0.15, 0.2) is 60.7 Å². The number of aldehydes is 2. The maximum absolute atomic E-state index is 11.8. The molecule has 10 rings (SSSR count). The molecule has 5 fully saturated rings. The molecule has 5 heterocycles. The molecule has 56 heteroatoms. The summed E-state index contributed by atoms with van der Waals surface area (Å²) >= 11 is 10.7. The van der Waals surface area contributed by atoms with E-state index in [1.54, 1.807) is 26.8 Å². The van der Waals surface area contributed by atoms with Crippen LogP contribution in [0.1, 0.15) is 89.5 Å². The number of aliphatic hydroxyl groups excluding tert-OH is 1. The lowest BCUT2D eigenvalue weighted by atomic mass is 10.1. The molecule has 0 radical (unpaired) electrons. The fraction of sp³-hybridized carbons (Fsp3) is 0.512. The smallest absolute Gasteiger partial charge is 0.496 e. The van der Waals surface area contributed by atoms with Crippen molar-refractivity contribution in [1.29, 1.82) is 0 Å². The molecule has 0 aliphatic carbocycles. The zero-order valence-corrected chi connectivity index (χ0v) is 82.8. The first-order chi connectivity index (χ1) is 66.9. The minimum absolute atomic E-state index is 0.0347. The number of aryl methyl sites for hydroxylation is 3. The summed E-state index contributed by atoms with van der Waals surface area (Å²) in [4.78, 5) is 176. The molecule has 0 bridgehead atoms. The van der Waals surface area contributed by atoms with E-state index in [-0.39, 0.29) is 157 Å². The maximum Gasteiger partial charge on any atom is 0.508 e. The van der Waals surface area contributed by atoms with Gasteiger partial charge in [-0.1, -0.05) is 15.9 Å². The first-order valence-corrected chi connectivity index (χ1v) is 47.0. The molecule has 772 valence electrons. The molecule has 0 aromatic heterocycles. The van der Waals surface area contributed by atoms with Crippen LogP contribution in [0.4, 0.5) is 52.4 Å². The summed E-state index contributed by atoms with van der Waals surface area (Å²) in [5.74, 6) is 1.31.